The van der Waals surface area contributed by atoms with Gasteiger partial charge in [0.25, 0.3) is 0 Å². The molecule has 0 aromatic heterocycles. The van der Waals surface area contributed by atoms with E-state index < -0.39 is 0 Å². The lowest BCUT2D eigenvalue weighted by Gasteiger charge is -2.23. The van der Waals surface area contributed by atoms with Crippen LogP contribution in [-0.2, 0) is 5.33 Å². The average Bonchev–Trinajstić information content (AvgIpc) is 2.65. The smallest absolute Gasteiger partial charge is 0.0368 e. The number of rotatable bonds is 2. The highest BCUT2D eigenvalue weighted by Crippen LogP contribution is 2.25. The van der Waals surface area contributed by atoms with E-state index >= 15 is 0 Å². The van der Waals surface area contributed by atoms with E-state index in [9.17, 15) is 0 Å². The van der Waals surface area contributed by atoms with Crippen molar-refractivity contribution in [3.8, 4) is 0 Å². The lowest BCUT2D eigenvalue weighted by atomic mass is 10.2. The van der Waals surface area contributed by atoms with Crippen molar-refractivity contribution < 1.29 is 0 Å². The fourth-order valence-electron chi connectivity index (χ4n) is 2.09. The fraction of sp³-hybridized carbons (Fsp3) is 0.500. The van der Waals surface area contributed by atoms with Crippen LogP contribution in [0.5, 0.6) is 0 Å². The fourth-order valence-corrected chi connectivity index (χ4v) is 2.47. The highest BCUT2D eigenvalue weighted by Gasteiger charge is 2.19. The molecule has 14 heavy (non-hydrogen) atoms. The first kappa shape index (κ1) is 10.0. The number of benzene rings is 1. The molecular weight excluding hydrogens is 238 g/mol. The third-order valence-corrected chi connectivity index (χ3v) is 3.62. The molecule has 0 amide bonds. The maximum atomic E-state index is 3.46. The summed E-state index contributed by atoms with van der Waals surface area (Å²) < 4.78 is 0. The first-order chi connectivity index (χ1) is 6.81. The van der Waals surface area contributed by atoms with Gasteiger partial charge >= 0.3 is 0 Å². The van der Waals surface area contributed by atoms with Crippen molar-refractivity contribution in [2.75, 3.05) is 11.4 Å². The Morgan fingerprint density at radius 3 is 2.57 bits per heavy atom. The van der Waals surface area contributed by atoms with Crippen LogP contribution in [0.1, 0.15) is 25.3 Å². The molecule has 1 fully saturated rings. The molecule has 1 aromatic carbocycles. The van der Waals surface area contributed by atoms with Crippen LogP contribution in [0.3, 0.4) is 0 Å². The molecule has 1 aliphatic rings. The molecule has 1 aliphatic heterocycles. The third kappa shape index (κ3) is 1.95. The Morgan fingerprint density at radius 2 is 2.07 bits per heavy atom. The summed E-state index contributed by atoms with van der Waals surface area (Å²) in [5, 5.41) is 0.947. The van der Waals surface area contributed by atoms with E-state index in [1.807, 2.05) is 0 Å². The van der Waals surface area contributed by atoms with Gasteiger partial charge in [-0.05, 0) is 37.5 Å². The summed E-state index contributed by atoms with van der Waals surface area (Å²) in [6, 6.07) is 9.59. The largest absolute Gasteiger partial charge is 0.369 e. The van der Waals surface area contributed by atoms with Gasteiger partial charge in [0.05, 0.1) is 0 Å². The molecule has 0 bridgehead atoms. The number of hydrogen-bond acceptors (Lipinski definition) is 1. The van der Waals surface area contributed by atoms with Gasteiger partial charge in [-0.1, -0.05) is 28.1 Å². The van der Waals surface area contributed by atoms with Crippen molar-refractivity contribution >= 4 is 21.6 Å². The van der Waals surface area contributed by atoms with Gasteiger partial charge in [0.15, 0.2) is 0 Å². The molecule has 1 heterocycles. The minimum Gasteiger partial charge on any atom is -0.369 e. The highest BCUT2D eigenvalue weighted by molar-refractivity contribution is 9.08. The molecule has 1 saturated heterocycles. The topological polar surface area (TPSA) is 3.24 Å². The Balaban J connectivity index is 2.16. The van der Waals surface area contributed by atoms with Crippen molar-refractivity contribution in [3.63, 3.8) is 0 Å². The molecule has 0 spiro atoms. The lowest BCUT2D eigenvalue weighted by Crippen LogP contribution is -2.25. The van der Waals surface area contributed by atoms with Crippen molar-refractivity contribution in [2.45, 2.75) is 31.1 Å². The van der Waals surface area contributed by atoms with Gasteiger partial charge in [-0.25, -0.2) is 0 Å². The van der Waals surface area contributed by atoms with Crippen molar-refractivity contribution in [1.82, 2.24) is 0 Å². The Labute approximate surface area is 94.2 Å². The van der Waals surface area contributed by atoms with Crippen LogP contribution >= 0.6 is 15.9 Å². The number of anilines is 1. The zero-order valence-electron chi connectivity index (χ0n) is 8.54. The van der Waals surface area contributed by atoms with E-state index in [2.05, 4.69) is 52.0 Å². The Morgan fingerprint density at radius 1 is 1.36 bits per heavy atom. The molecule has 0 aliphatic carbocycles. The monoisotopic (exact) mass is 253 g/mol. The second-order valence-corrected chi connectivity index (χ2v) is 4.55. The van der Waals surface area contributed by atoms with Gasteiger partial charge in [-0.3, -0.25) is 0 Å². The zero-order chi connectivity index (χ0) is 9.97. The minimum absolute atomic E-state index is 0.713. The van der Waals surface area contributed by atoms with Gasteiger partial charge in [0.1, 0.15) is 0 Å². The van der Waals surface area contributed by atoms with Crippen LogP contribution in [0.15, 0.2) is 24.3 Å². The molecular formula is C12H16BrN. The van der Waals surface area contributed by atoms with E-state index in [0.717, 1.165) is 5.33 Å². The minimum atomic E-state index is 0.713. The second-order valence-electron chi connectivity index (χ2n) is 3.98. The van der Waals surface area contributed by atoms with Gasteiger partial charge < -0.3 is 4.90 Å². The molecule has 0 radical (unpaired) electrons. The Kier molecular flexibility index (Phi) is 3.12. The van der Waals surface area contributed by atoms with Crippen molar-refractivity contribution in [3.05, 3.63) is 29.8 Å². The van der Waals surface area contributed by atoms with E-state index in [1.54, 1.807) is 0 Å². The van der Waals surface area contributed by atoms with Gasteiger partial charge in [-0.15, -0.1) is 0 Å². The SMILES string of the molecule is CC1CCCN1c1ccc(CBr)cc1. The Bertz CT molecular complexity index is 294. The quantitative estimate of drug-likeness (QED) is 0.729. The maximum absolute atomic E-state index is 3.46. The summed E-state index contributed by atoms with van der Waals surface area (Å²) in [5.74, 6) is 0. The highest BCUT2D eigenvalue weighted by atomic mass is 79.9. The molecule has 0 N–H and O–H groups in total. The van der Waals surface area contributed by atoms with Crippen LogP contribution < -0.4 is 4.90 Å². The standard InChI is InChI=1S/C12H16BrN/c1-10-3-2-8-14(10)12-6-4-11(9-13)5-7-12/h4-7,10H,2-3,8-9H2,1H3. The molecule has 76 valence electrons. The molecule has 1 unspecified atom stereocenters. The normalized spacial score (nSPS) is 21.6. The third-order valence-electron chi connectivity index (χ3n) is 2.98. The lowest BCUT2D eigenvalue weighted by molar-refractivity contribution is 0.735. The summed E-state index contributed by atoms with van der Waals surface area (Å²) in [6.45, 7) is 3.53. The predicted molar refractivity (Wildman–Crippen MR) is 65.1 cm³/mol. The molecule has 2 heteroatoms. The summed E-state index contributed by atoms with van der Waals surface area (Å²) in [7, 11) is 0. The predicted octanol–water partition coefficient (Wildman–Crippen LogP) is 3.57. The average molecular weight is 254 g/mol. The number of nitrogens with zero attached hydrogens (tertiary/aromatic N) is 1. The van der Waals surface area contributed by atoms with Crippen molar-refractivity contribution in [2.24, 2.45) is 0 Å². The summed E-state index contributed by atoms with van der Waals surface area (Å²) in [4.78, 5) is 2.50. The van der Waals surface area contributed by atoms with E-state index in [4.69, 9.17) is 0 Å². The van der Waals surface area contributed by atoms with E-state index in [0.29, 0.717) is 6.04 Å². The second kappa shape index (κ2) is 4.35. The van der Waals surface area contributed by atoms with Gasteiger partial charge in [0, 0.05) is 23.6 Å². The Hall–Kier alpha value is -0.500. The summed E-state index contributed by atoms with van der Waals surface area (Å²) >= 11 is 3.46. The van der Waals surface area contributed by atoms with Crippen LogP contribution in [0.2, 0.25) is 0 Å². The first-order valence-corrected chi connectivity index (χ1v) is 6.35. The first-order valence-electron chi connectivity index (χ1n) is 5.23. The number of hydrogen-bond donors (Lipinski definition) is 0. The van der Waals surface area contributed by atoms with E-state index in [1.165, 1.54) is 30.6 Å². The molecule has 0 saturated carbocycles. The van der Waals surface area contributed by atoms with Crippen LogP contribution in [0.25, 0.3) is 0 Å². The molecule has 2 rings (SSSR count). The zero-order valence-corrected chi connectivity index (χ0v) is 10.1. The molecule has 1 nitrogen and oxygen atoms in total. The number of halogens is 1. The van der Waals surface area contributed by atoms with Crippen LogP contribution in [0.4, 0.5) is 5.69 Å². The number of alkyl halides is 1. The van der Waals surface area contributed by atoms with Crippen LogP contribution in [-0.4, -0.2) is 12.6 Å². The molecule has 1 aromatic rings. The van der Waals surface area contributed by atoms with Gasteiger partial charge in [0.2, 0.25) is 0 Å². The van der Waals surface area contributed by atoms with Gasteiger partial charge in [-0.2, -0.15) is 0 Å². The molecule has 1 atom stereocenters. The van der Waals surface area contributed by atoms with E-state index in [-0.39, 0.29) is 0 Å². The maximum Gasteiger partial charge on any atom is 0.0368 e. The summed E-state index contributed by atoms with van der Waals surface area (Å²) in [6.07, 6.45) is 2.67. The van der Waals surface area contributed by atoms with Crippen molar-refractivity contribution in [1.29, 1.82) is 0 Å². The summed E-state index contributed by atoms with van der Waals surface area (Å²) in [5.41, 5.74) is 2.72. The van der Waals surface area contributed by atoms with Crippen LogP contribution in [0, 0.1) is 0 Å².